The highest BCUT2D eigenvalue weighted by molar-refractivity contribution is 5.88. The van der Waals surface area contributed by atoms with Crippen LogP contribution in [0.5, 0.6) is 0 Å². The number of Topliss-reactive ketones (excluding diaryl/α,β-unsaturated/α-hetero) is 9. The topological polar surface area (TPSA) is 296 Å². The second-order valence-corrected chi connectivity index (χ2v) is 36.7. The van der Waals surface area contributed by atoms with Gasteiger partial charge < -0.3 is 57.4 Å². The first-order valence-electron chi connectivity index (χ1n) is 44.7. The number of rotatable bonds is 19. The summed E-state index contributed by atoms with van der Waals surface area (Å²) in [6, 6.07) is 2.33. The highest BCUT2D eigenvalue weighted by atomic mass is 16.5. The smallest absolute Gasteiger partial charge is 0.310 e. The number of fused-ring (bicyclic) bond motifs is 12. The highest BCUT2D eigenvalue weighted by Gasteiger charge is 2.43. The molecule has 0 aromatic heterocycles. The Kier molecular flexibility index (Phi) is 54.6. The normalized spacial score (nSPS) is 31.4. The third-order valence-corrected chi connectivity index (χ3v) is 26.5. The molecule has 0 spiro atoms. The van der Waals surface area contributed by atoms with Crippen molar-refractivity contribution in [3.8, 4) is 6.07 Å². The van der Waals surface area contributed by atoms with Crippen LogP contribution in [0.3, 0.4) is 0 Å². The van der Waals surface area contributed by atoms with Crippen molar-refractivity contribution in [3.05, 3.63) is 23.8 Å². The van der Waals surface area contributed by atoms with Gasteiger partial charge in [-0.2, -0.15) is 5.26 Å². The number of nitrogens with zero attached hydrogens (tertiary/aromatic N) is 1. The van der Waals surface area contributed by atoms with Crippen LogP contribution in [0.2, 0.25) is 0 Å². The monoisotopic (exact) mass is 1680 g/mol. The fourth-order valence-electron chi connectivity index (χ4n) is 20.8. The fourth-order valence-corrected chi connectivity index (χ4v) is 20.8. The zero-order chi connectivity index (χ0) is 83.5. The highest BCUT2D eigenvalue weighted by Crippen LogP contribution is 2.46. The summed E-state index contributed by atoms with van der Waals surface area (Å²) in [5, 5.41) is 18.1. The van der Waals surface area contributed by atoms with E-state index in [1.165, 1.54) is 109 Å². The average molecular weight is 1680 g/mol. The first kappa shape index (κ1) is 112. The quantitative estimate of drug-likeness (QED) is 0.0928. The number of hydrogen-bond acceptors (Lipinski definition) is 19. The SMILES string of the molecule is C.C.C.C.C.CC(=O)C1CC2CCC1CC2.CC(=O)C1CC2CCC1CO2.CC(=O)C1CCCO1.CC(=O)C=C1CC2C=CC(C1)O2.CC(=O)CC1(C#N)CCCCC1.CC(=O)CC1(C(=O)O)CCCCC1.CC(=O)CC1CC2CCC(C1)O2.CC(=O)CC1CC2CCC(C1)O2.CC(=O)CC1CCOC1C.CCOC1CCCCC1CC(C)=O. The molecule has 7 saturated carbocycles. The summed E-state index contributed by atoms with van der Waals surface area (Å²) < 4.78 is 38.5. The van der Waals surface area contributed by atoms with Gasteiger partial charge in [-0.1, -0.05) is 119 Å². The lowest BCUT2D eigenvalue weighted by Gasteiger charge is -2.41. The molecule has 0 aromatic carbocycles. The van der Waals surface area contributed by atoms with E-state index in [1.54, 1.807) is 68.4 Å². The van der Waals surface area contributed by atoms with Crippen LogP contribution in [0.25, 0.3) is 0 Å². The maximum atomic E-state index is 11.2. The zero-order valence-electron chi connectivity index (χ0n) is 72.3. The number of carboxylic acid groups (broad SMARTS) is 1. The Morgan fingerprint density at radius 1 is 0.462 bits per heavy atom. The van der Waals surface area contributed by atoms with E-state index >= 15 is 0 Å². The van der Waals surface area contributed by atoms with E-state index in [9.17, 15) is 52.7 Å². The molecule has 0 amide bonds. The molecule has 20 heteroatoms. The summed E-state index contributed by atoms with van der Waals surface area (Å²) in [7, 11) is 0. The van der Waals surface area contributed by atoms with Gasteiger partial charge in [-0.25, -0.2) is 0 Å². The standard InChI is InChI=1S/C11H20O2.C10H15NO.C10H16O3.2C10H16O2.C10H12O2.C10H16O.C9H14O2.C8H14O2.C6H10O2.5CH4/c1-3-13-11-7-5-4-6-10(11)8-9(2)12;1-9(12)7-10(8-11)5-3-2-4-6-10;1-8(11)7-10(9(12)13)5-3-2-4-6-10;3*1-7(11)4-8-5-9-2-3-10(6-8)12-9;1-7(11)10-6-8-2-4-9(10)5-3-8;1-6(10)9-4-8-3-2-7(9)5-11-8;1-6(9)5-8-3-4-10-7(8)2;1-5(7)6-3-2-4-8-6;;;;;/h10-11H,3-8H2,1-2H3;2-7H2,1H3;2-7H2,1H3,(H,12,13);2*8-10H,2-6H2,1H3;2-4,9-10H,5-6H2,1H3;8-10H,2-6H2,1H3;7-9H,2-5H2,1H3;7-8H,3-5H2,1-2H3;6H,2-4H2,1H3;5*1H4. The van der Waals surface area contributed by atoms with E-state index in [4.69, 9.17) is 43.5 Å². The van der Waals surface area contributed by atoms with Crippen molar-refractivity contribution in [3.63, 3.8) is 0 Å². The molecule has 15 unspecified atom stereocenters. The molecule has 119 heavy (non-hydrogen) atoms. The van der Waals surface area contributed by atoms with Crippen LogP contribution < -0.4 is 0 Å². The first-order chi connectivity index (χ1) is 54.2. The predicted octanol–water partition coefficient (Wildman–Crippen LogP) is 21.6. The third-order valence-electron chi connectivity index (χ3n) is 26.5. The maximum absolute atomic E-state index is 11.2. The number of hydrogen-bond donors (Lipinski definition) is 1. The van der Waals surface area contributed by atoms with Crippen molar-refractivity contribution >= 4 is 63.8 Å². The van der Waals surface area contributed by atoms with Gasteiger partial charge in [0, 0.05) is 70.2 Å². The van der Waals surface area contributed by atoms with Crippen molar-refractivity contribution in [2.24, 2.45) is 64.1 Å². The van der Waals surface area contributed by atoms with E-state index in [0.717, 1.165) is 167 Å². The molecule has 20 nitrogen and oxygen atoms in total. The first-order valence-corrected chi connectivity index (χ1v) is 44.7. The molecule has 15 atom stereocenters. The number of nitriles is 1. The second kappa shape index (κ2) is 58.1. The van der Waals surface area contributed by atoms with Crippen LogP contribution >= 0.6 is 0 Å². The molecule has 1 N–H and O–H groups in total. The fraction of sp³-hybridized carbons (Fsp3) is 0.838. The van der Waals surface area contributed by atoms with Crippen molar-refractivity contribution < 1.29 is 91.0 Å². The minimum atomic E-state index is -0.789. The molecule has 10 bridgehead atoms. The van der Waals surface area contributed by atoms with Crippen LogP contribution in [0.4, 0.5) is 0 Å². The lowest BCUT2D eigenvalue weighted by molar-refractivity contribution is -0.153. The maximum Gasteiger partial charge on any atom is 0.310 e. The second-order valence-electron chi connectivity index (χ2n) is 36.7. The number of carboxylic acids is 1. The molecular formula is C99H169NO19. The summed E-state index contributed by atoms with van der Waals surface area (Å²) in [5.74, 6) is 6.91. The van der Waals surface area contributed by atoms with Crippen LogP contribution in [0.15, 0.2) is 23.8 Å². The summed E-state index contributed by atoms with van der Waals surface area (Å²) in [6.07, 6.45) is 51.6. The zero-order valence-corrected chi connectivity index (χ0v) is 72.3. The van der Waals surface area contributed by atoms with E-state index in [-0.39, 0.29) is 96.2 Å². The summed E-state index contributed by atoms with van der Waals surface area (Å²) in [4.78, 5) is 120. The number of allylic oxidation sites excluding steroid dienone is 1. The molecule has 10 heterocycles. The Hall–Kier alpha value is -5.14. The van der Waals surface area contributed by atoms with Crippen LogP contribution in [0, 0.1) is 75.4 Å². The summed E-state index contributed by atoms with van der Waals surface area (Å²) >= 11 is 0. The van der Waals surface area contributed by atoms with E-state index in [1.807, 2.05) is 13.8 Å². The van der Waals surface area contributed by atoms with E-state index < -0.39 is 11.4 Å². The van der Waals surface area contributed by atoms with Gasteiger partial charge in [0.2, 0.25) is 0 Å². The number of carbonyl (C=O) groups excluding carboxylic acids is 10. The lowest BCUT2D eigenvalue weighted by Crippen LogP contribution is -2.42. The summed E-state index contributed by atoms with van der Waals surface area (Å²) in [6.45, 7) is 23.7. The summed E-state index contributed by atoms with van der Waals surface area (Å²) in [5.41, 5.74) is 0.197. The van der Waals surface area contributed by atoms with Crippen LogP contribution in [-0.4, -0.2) is 156 Å². The Balaban J connectivity index is 0.000000659. The Morgan fingerprint density at radius 3 is 1.28 bits per heavy atom. The van der Waals surface area contributed by atoms with Gasteiger partial charge >= 0.3 is 5.97 Å². The molecule has 0 radical (unpaired) electrons. The van der Waals surface area contributed by atoms with Crippen LogP contribution in [-0.2, 0) is 85.9 Å². The molecule has 0 aromatic rings. The van der Waals surface area contributed by atoms with Gasteiger partial charge in [-0.3, -0.25) is 33.6 Å². The van der Waals surface area contributed by atoms with Gasteiger partial charge in [0.25, 0.3) is 0 Å². The van der Waals surface area contributed by atoms with Crippen LogP contribution in [0.1, 0.15) is 383 Å². The van der Waals surface area contributed by atoms with Crippen molar-refractivity contribution in [2.45, 2.75) is 445 Å². The van der Waals surface area contributed by atoms with E-state index in [0.29, 0.717) is 145 Å². The molecule has 9 saturated heterocycles. The molecular weight excluding hydrogens is 1510 g/mol. The van der Waals surface area contributed by atoms with Crippen molar-refractivity contribution in [1.82, 2.24) is 0 Å². The lowest BCUT2D eigenvalue weighted by atomic mass is 9.64. The molecule has 16 fully saturated rings. The largest absolute Gasteiger partial charge is 0.481 e. The number of ether oxygens (including phenoxy) is 7. The Bertz CT molecular complexity index is 3020. The third kappa shape index (κ3) is 41.0. The molecule has 17 rings (SSSR count). The van der Waals surface area contributed by atoms with Crippen molar-refractivity contribution in [1.29, 1.82) is 5.26 Å². The molecule has 10 aliphatic heterocycles. The van der Waals surface area contributed by atoms with Gasteiger partial charge in [0.1, 0.15) is 52.4 Å². The molecule has 17 aliphatic rings. The number of carbonyl (C=O) groups is 11. The van der Waals surface area contributed by atoms with Gasteiger partial charge in [-0.15, -0.1) is 0 Å². The van der Waals surface area contributed by atoms with Gasteiger partial charge in [0.05, 0.1) is 78.4 Å². The Morgan fingerprint density at radius 2 is 0.933 bits per heavy atom. The molecule has 7 aliphatic carbocycles. The van der Waals surface area contributed by atoms with E-state index in [2.05, 4.69) is 18.2 Å². The average Bonchev–Trinajstić information content (AvgIpc) is 1.84. The van der Waals surface area contributed by atoms with Gasteiger partial charge in [0.15, 0.2) is 11.6 Å². The van der Waals surface area contributed by atoms with Gasteiger partial charge in [-0.05, 0) is 291 Å². The number of ketones is 10. The predicted molar refractivity (Wildman–Crippen MR) is 473 cm³/mol. The number of aliphatic carboxylic acids is 1. The minimum Gasteiger partial charge on any atom is -0.481 e. The Labute approximate surface area is 721 Å². The van der Waals surface area contributed by atoms with Crippen molar-refractivity contribution in [2.75, 3.05) is 26.4 Å². The minimum absolute atomic E-state index is 0. The molecule has 684 valence electrons.